The highest BCUT2D eigenvalue weighted by Crippen LogP contribution is 2.36. The molecule has 16 heavy (non-hydrogen) atoms. The van der Waals surface area contributed by atoms with E-state index in [1.165, 1.54) is 19.3 Å². The van der Waals surface area contributed by atoms with Crippen molar-refractivity contribution >= 4 is 0 Å². The summed E-state index contributed by atoms with van der Waals surface area (Å²) in [5.74, 6) is 0. The number of hydrogen-bond acceptors (Lipinski definition) is 4. The lowest BCUT2D eigenvalue weighted by molar-refractivity contribution is 0.0269. The van der Waals surface area contributed by atoms with Crippen LogP contribution in [0.5, 0.6) is 0 Å². The molecule has 3 N–H and O–H groups in total. The van der Waals surface area contributed by atoms with Gasteiger partial charge in [-0.1, -0.05) is 0 Å². The summed E-state index contributed by atoms with van der Waals surface area (Å²) in [6.07, 6.45) is 4.82. The van der Waals surface area contributed by atoms with Gasteiger partial charge in [0.2, 0.25) is 0 Å². The van der Waals surface area contributed by atoms with Crippen LogP contribution in [0.3, 0.4) is 0 Å². The monoisotopic (exact) mass is 229 g/mol. The largest absolute Gasteiger partial charge is 0.395 e. The van der Waals surface area contributed by atoms with Crippen molar-refractivity contribution in [3.8, 4) is 0 Å². The number of rotatable bonds is 7. The Kier molecular flexibility index (Phi) is 5.18. The number of nitrogens with zero attached hydrogens (tertiary/aromatic N) is 2. The van der Waals surface area contributed by atoms with E-state index in [2.05, 4.69) is 30.9 Å². The highest BCUT2D eigenvalue weighted by atomic mass is 16.3. The molecule has 1 unspecified atom stereocenters. The van der Waals surface area contributed by atoms with Gasteiger partial charge in [0.05, 0.1) is 6.61 Å². The summed E-state index contributed by atoms with van der Waals surface area (Å²) in [5.41, 5.74) is 6.09. The van der Waals surface area contributed by atoms with Crippen molar-refractivity contribution in [3.63, 3.8) is 0 Å². The first kappa shape index (κ1) is 13.9. The summed E-state index contributed by atoms with van der Waals surface area (Å²) in [5, 5.41) is 8.87. The predicted molar refractivity (Wildman–Crippen MR) is 67.4 cm³/mol. The third kappa shape index (κ3) is 3.42. The van der Waals surface area contributed by atoms with Crippen molar-refractivity contribution in [1.82, 2.24) is 9.80 Å². The minimum atomic E-state index is -0.0702. The fourth-order valence-electron chi connectivity index (χ4n) is 2.39. The average Bonchev–Trinajstić information content (AvgIpc) is 2.19. The van der Waals surface area contributed by atoms with Crippen LogP contribution in [0.2, 0.25) is 0 Å². The maximum atomic E-state index is 8.87. The second-order valence-corrected chi connectivity index (χ2v) is 5.44. The molecule has 1 aliphatic carbocycles. The van der Waals surface area contributed by atoms with Gasteiger partial charge in [-0.15, -0.1) is 0 Å². The van der Waals surface area contributed by atoms with E-state index < -0.39 is 0 Å². The summed E-state index contributed by atoms with van der Waals surface area (Å²) >= 11 is 0. The summed E-state index contributed by atoms with van der Waals surface area (Å²) in [6, 6.07) is -0.0702. The number of hydrogen-bond donors (Lipinski definition) is 2. The number of aliphatic hydroxyl groups excluding tert-OH is 1. The van der Waals surface area contributed by atoms with Gasteiger partial charge in [-0.25, -0.2) is 0 Å². The minimum Gasteiger partial charge on any atom is -0.395 e. The van der Waals surface area contributed by atoms with Crippen molar-refractivity contribution in [2.75, 3.05) is 40.8 Å². The molecule has 0 aromatic heterocycles. The highest BCUT2D eigenvalue weighted by molar-refractivity contribution is 4.97. The molecule has 0 saturated heterocycles. The first-order valence-corrected chi connectivity index (χ1v) is 6.22. The molecular weight excluding hydrogens is 202 g/mol. The van der Waals surface area contributed by atoms with Crippen LogP contribution in [0.4, 0.5) is 0 Å². The van der Waals surface area contributed by atoms with Crippen LogP contribution in [0, 0.1) is 0 Å². The Morgan fingerprint density at radius 2 is 1.94 bits per heavy atom. The summed E-state index contributed by atoms with van der Waals surface area (Å²) < 4.78 is 0. The maximum Gasteiger partial charge on any atom is 0.0583 e. The second-order valence-electron chi connectivity index (χ2n) is 5.44. The van der Waals surface area contributed by atoms with Crippen molar-refractivity contribution in [2.24, 2.45) is 5.73 Å². The Balaban J connectivity index is 2.30. The van der Waals surface area contributed by atoms with Crippen molar-refractivity contribution in [2.45, 2.75) is 37.3 Å². The van der Waals surface area contributed by atoms with Crippen LogP contribution in [-0.2, 0) is 0 Å². The first-order chi connectivity index (χ1) is 7.50. The molecule has 0 aliphatic heterocycles. The molecule has 96 valence electrons. The first-order valence-electron chi connectivity index (χ1n) is 6.22. The molecule has 0 aromatic carbocycles. The third-order valence-corrected chi connectivity index (χ3v) is 3.91. The van der Waals surface area contributed by atoms with E-state index >= 15 is 0 Å². The molecule has 0 aromatic rings. The molecule has 0 radical (unpaired) electrons. The van der Waals surface area contributed by atoms with Crippen LogP contribution in [0.25, 0.3) is 0 Å². The summed E-state index contributed by atoms with van der Waals surface area (Å²) in [4.78, 5) is 4.70. The molecule has 1 fully saturated rings. The third-order valence-electron chi connectivity index (χ3n) is 3.91. The molecule has 1 rings (SSSR count). The Morgan fingerprint density at radius 3 is 2.31 bits per heavy atom. The fraction of sp³-hybridized carbons (Fsp3) is 1.00. The van der Waals surface area contributed by atoms with Crippen molar-refractivity contribution in [1.29, 1.82) is 0 Å². The Morgan fingerprint density at radius 1 is 1.31 bits per heavy atom. The smallest absolute Gasteiger partial charge is 0.0583 e. The SMILES string of the molecule is CN(CCC(N)CO)CC1(N(C)C)CCC1. The molecule has 0 heterocycles. The van der Waals surface area contributed by atoms with Gasteiger partial charge in [0.15, 0.2) is 0 Å². The van der Waals surface area contributed by atoms with E-state index in [1.807, 2.05) is 0 Å². The van der Waals surface area contributed by atoms with Crippen LogP contribution in [0.1, 0.15) is 25.7 Å². The van der Waals surface area contributed by atoms with Gasteiger partial charge in [0, 0.05) is 18.1 Å². The zero-order valence-corrected chi connectivity index (χ0v) is 10.9. The van der Waals surface area contributed by atoms with Gasteiger partial charge in [-0.05, 0) is 53.4 Å². The van der Waals surface area contributed by atoms with E-state index in [4.69, 9.17) is 10.8 Å². The Labute approximate surface area is 99.4 Å². The topological polar surface area (TPSA) is 52.7 Å². The Bertz CT molecular complexity index is 204. The molecule has 0 bridgehead atoms. The standard InChI is InChI=1S/C12H27N3O/c1-14(2)12(6-4-7-12)10-15(3)8-5-11(13)9-16/h11,16H,4-10,13H2,1-3H3. The van der Waals surface area contributed by atoms with E-state index in [1.54, 1.807) is 0 Å². The summed E-state index contributed by atoms with van der Waals surface area (Å²) in [6.45, 7) is 2.17. The fourth-order valence-corrected chi connectivity index (χ4v) is 2.39. The number of likely N-dealkylation sites (N-methyl/N-ethyl adjacent to an activating group) is 2. The number of aliphatic hydroxyl groups is 1. The second kappa shape index (κ2) is 5.96. The maximum absolute atomic E-state index is 8.87. The van der Waals surface area contributed by atoms with E-state index in [0.717, 1.165) is 19.5 Å². The van der Waals surface area contributed by atoms with E-state index in [0.29, 0.717) is 5.54 Å². The van der Waals surface area contributed by atoms with Crippen LogP contribution >= 0.6 is 0 Å². The quantitative estimate of drug-likeness (QED) is 0.651. The lowest BCUT2D eigenvalue weighted by atomic mass is 9.75. The van der Waals surface area contributed by atoms with Gasteiger partial charge in [-0.3, -0.25) is 0 Å². The molecule has 4 nitrogen and oxygen atoms in total. The van der Waals surface area contributed by atoms with Gasteiger partial charge >= 0.3 is 0 Å². The average molecular weight is 229 g/mol. The van der Waals surface area contributed by atoms with Crippen LogP contribution in [0.15, 0.2) is 0 Å². The zero-order valence-electron chi connectivity index (χ0n) is 10.9. The zero-order chi connectivity index (χ0) is 12.2. The van der Waals surface area contributed by atoms with Crippen molar-refractivity contribution < 1.29 is 5.11 Å². The normalized spacial score (nSPS) is 21.2. The van der Waals surface area contributed by atoms with Gasteiger partial charge in [0.1, 0.15) is 0 Å². The van der Waals surface area contributed by atoms with Gasteiger partial charge in [-0.2, -0.15) is 0 Å². The molecule has 0 amide bonds. The molecule has 4 heteroatoms. The molecule has 1 saturated carbocycles. The molecular formula is C12H27N3O. The lowest BCUT2D eigenvalue weighted by Crippen LogP contribution is -2.56. The minimum absolute atomic E-state index is 0.0702. The van der Waals surface area contributed by atoms with Crippen LogP contribution in [-0.4, -0.2) is 67.3 Å². The van der Waals surface area contributed by atoms with E-state index in [-0.39, 0.29) is 12.6 Å². The lowest BCUT2D eigenvalue weighted by Gasteiger charge is -2.49. The van der Waals surface area contributed by atoms with Gasteiger partial charge in [0.25, 0.3) is 0 Å². The van der Waals surface area contributed by atoms with Crippen molar-refractivity contribution in [3.05, 3.63) is 0 Å². The highest BCUT2D eigenvalue weighted by Gasteiger charge is 2.39. The van der Waals surface area contributed by atoms with Gasteiger partial charge < -0.3 is 20.6 Å². The number of nitrogens with two attached hydrogens (primary N) is 1. The predicted octanol–water partition coefficient (Wildman–Crippen LogP) is 0.112. The van der Waals surface area contributed by atoms with E-state index in [9.17, 15) is 0 Å². The van der Waals surface area contributed by atoms with Crippen LogP contribution < -0.4 is 5.73 Å². The summed E-state index contributed by atoms with van der Waals surface area (Å²) in [7, 11) is 6.49. The molecule has 1 aliphatic rings. The molecule has 1 atom stereocenters. The Hall–Kier alpha value is -0.160. The molecule has 0 spiro atoms.